The Balaban J connectivity index is 1.66. The number of rotatable bonds is 4. The zero-order valence-electron chi connectivity index (χ0n) is 14.1. The highest BCUT2D eigenvalue weighted by Crippen LogP contribution is 2.61. The van der Waals surface area contributed by atoms with Crippen LogP contribution in [0.2, 0.25) is 0 Å². The molecule has 0 heterocycles. The van der Waals surface area contributed by atoms with Crippen molar-refractivity contribution in [3.05, 3.63) is 29.3 Å². The highest BCUT2D eigenvalue weighted by Gasteiger charge is 2.52. The van der Waals surface area contributed by atoms with Gasteiger partial charge < -0.3 is 4.74 Å². The van der Waals surface area contributed by atoms with Crippen molar-refractivity contribution in [2.24, 2.45) is 23.7 Å². The SMILES string of the molecule is CC(C)COc1ccc(C23CC4CC(CC(C4)C2)C3)c(F)c1F. The minimum atomic E-state index is -0.793. The molecular weight excluding hydrogens is 294 g/mol. The average Bonchev–Trinajstić information content (AvgIpc) is 2.47. The molecule has 4 aliphatic rings. The summed E-state index contributed by atoms with van der Waals surface area (Å²) in [5, 5.41) is 0. The summed E-state index contributed by atoms with van der Waals surface area (Å²) >= 11 is 0. The first kappa shape index (κ1) is 15.4. The van der Waals surface area contributed by atoms with Gasteiger partial charge in [-0.1, -0.05) is 19.9 Å². The molecule has 3 heteroatoms. The third-order valence-corrected chi connectivity index (χ3v) is 6.23. The lowest BCUT2D eigenvalue weighted by molar-refractivity contribution is -0.00708. The third-order valence-electron chi connectivity index (χ3n) is 6.23. The molecule has 0 N–H and O–H groups in total. The van der Waals surface area contributed by atoms with Crippen molar-refractivity contribution in [2.45, 2.75) is 57.8 Å². The summed E-state index contributed by atoms with van der Waals surface area (Å²) in [4.78, 5) is 0. The summed E-state index contributed by atoms with van der Waals surface area (Å²) in [6.45, 7) is 4.41. The van der Waals surface area contributed by atoms with E-state index >= 15 is 0 Å². The fourth-order valence-electron chi connectivity index (χ4n) is 5.75. The fraction of sp³-hybridized carbons (Fsp3) is 0.700. The Bertz CT molecular complexity index is 573. The summed E-state index contributed by atoms with van der Waals surface area (Å²) in [6.07, 6.45) is 7.04. The van der Waals surface area contributed by atoms with Crippen LogP contribution in [0.4, 0.5) is 8.78 Å². The lowest BCUT2D eigenvalue weighted by Gasteiger charge is -2.57. The first-order valence-corrected chi connectivity index (χ1v) is 9.08. The maximum Gasteiger partial charge on any atom is 0.200 e. The van der Waals surface area contributed by atoms with E-state index in [9.17, 15) is 8.78 Å². The van der Waals surface area contributed by atoms with E-state index in [4.69, 9.17) is 4.74 Å². The van der Waals surface area contributed by atoms with E-state index in [2.05, 4.69) is 0 Å². The quantitative estimate of drug-likeness (QED) is 0.715. The summed E-state index contributed by atoms with van der Waals surface area (Å²) in [5.41, 5.74) is 0.502. The van der Waals surface area contributed by atoms with Crippen molar-refractivity contribution >= 4 is 0 Å². The second kappa shape index (κ2) is 5.46. The van der Waals surface area contributed by atoms with Crippen LogP contribution in [0.15, 0.2) is 12.1 Å². The van der Waals surface area contributed by atoms with Gasteiger partial charge in [0, 0.05) is 0 Å². The lowest BCUT2D eigenvalue weighted by Crippen LogP contribution is -2.49. The van der Waals surface area contributed by atoms with E-state index in [0.29, 0.717) is 18.1 Å². The number of halogens is 2. The first-order valence-electron chi connectivity index (χ1n) is 9.08. The van der Waals surface area contributed by atoms with Gasteiger partial charge in [0.05, 0.1) is 6.61 Å². The molecule has 4 bridgehead atoms. The van der Waals surface area contributed by atoms with Crippen LogP contribution in [0.5, 0.6) is 5.75 Å². The van der Waals surface area contributed by atoms with Crippen molar-refractivity contribution in [1.82, 2.24) is 0 Å². The number of hydrogen-bond acceptors (Lipinski definition) is 1. The van der Waals surface area contributed by atoms with Gasteiger partial charge in [0.2, 0.25) is 5.82 Å². The van der Waals surface area contributed by atoms with E-state index in [0.717, 1.165) is 37.0 Å². The number of benzene rings is 1. The Morgan fingerprint density at radius 2 is 1.57 bits per heavy atom. The van der Waals surface area contributed by atoms with Crippen LogP contribution in [-0.4, -0.2) is 6.61 Å². The summed E-state index contributed by atoms with van der Waals surface area (Å²) in [6, 6.07) is 3.45. The van der Waals surface area contributed by atoms with E-state index in [1.165, 1.54) is 19.3 Å². The Labute approximate surface area is 137 Å². The van der Waals surface area contributed by atoms with Gasteiger partial charge in [-0.2, -0.15) is 4.39 Å². The van der Waals surface area contributed by atoms with E-state index in [1.54, 1.807) is 12.1 Å². The molecule has 4 aliphatic carbocycles. The van der Waals surface area contributed by atoms with Crippen LogP contribution < -0.4 is 4.74 Å². The molecule has 1 aromatic rings. The predicted octanol–water partition coefficient (Wildman–Crippen LogP) is 5.47. The minimum absolute atomic E-state index is 0.0599. The van der Waals surface area contributed by atoms with Crippen LogP contribution in [0.1, 0.15) is 57.9 Å². The van der Waals surface area contributed by atoms with Crippen molar-refractivity contribution in [3.63, 3.8) is 0 Å². The van der Waals surface area contributed by atoms with Crippen LogP contribution >= 0.6 is 0 Å². The monoisotopic (exact) mass is 320 g/mol. The summed E-state index contributed by atoms with van der Waals surface area (Å²) < 4.78 is 34.8. The molecular formula is C20H26F2O. The molecule has 0 atom stereocenters. The highest BCUT2D eigenvalue weighted by molar-refractivity contribution is 5.37. The van der Waals surface area contributed by atoms with Crippen LogP contribution in [-0.2, 0) is 5.41 Å². The molecule has 0 spiro atoms. The van der Waals surface area contributed by atoms with E-state index in [1.807, 2.05) is 13.8 Å². The topological polar surface area (TPSA) is 9.23 Å². The maximum absolute atomic E-state index is 14.8. The summed E-state index contributed by atoms with van der Waals surface area (Å²) in [7, 11) is 0. The van der Waals surface area contributed by atoms with Gasteiger partial charge in [-0.05, 0) is 79.2 Å². The second-order valence-electron chi connectivity index (χ2n) is 8.64. The Kier molecular flexibility index (Phi) is 3.66. The molecule has 0 unspecified atom stereocenters. The molecule has 4 fully saturated rings. The van der Waals surface area contributed by atoms with Gasteiger partial charge in [-0.25, -0.2) is 4.39 Å². The molecule has 0 amide bonds. The van der Waals surface area contributed by atoms with E-state index < -0.39 is 11.6 Å². The molecule has 23 heavy (non-hydrogen) atoms. The Hall–Kier alpha value is -1.12. The second-order valence-corrected chi connectivity index (χ2v) is 8.64. The Morgan fingerprint density at radius 1 is 1.00 bits per heavy atom. The number of ether oxygens (including phenoxy) is 1. The molecule has 4 saturated carbocycles. The van der Waals surface area contributed by atoms with Gasteiger partial charge in [-0.15, -0.1) is 0 Å². The molecule has 1 aromatic carbocycles. The first-order chi connectivity index (χ1) is 11.0. The molecule has 1 nitrogen and oxygen atoms in total. The summed E-state index contributed by atoms with van der Waals surface area (Å²) in [5.74, 6) is 1.07. The molecule has 5 rings (SSSR count). The van der Waals surface area contributed by atoms with Crippen molar-refractivity contribution < 1.29 is 13.5 Å². The molecule has 0 aromatic heterocycles. The van der Waals surface area contributed by atoms with Crippen LogP contribution in [0.25, 0.3) is 0 Å². The fourth-order valence-corrected chi connectivity index (χ4v) is 5.75. The van der Waals surface area contributed by atoms with Crippen molar-refractivity contribution in [2.75, 3.05) is 6.61 Å². The predicted molar refractivity (Wildman–Crippen MR) is 86.5 cm³/mol. The largest absolute Gasteiger partial charge is 0.490 e. The van der Waals surface area contributed by atoms with E-state index in [-0.39, 0.29) is 11.2 Å². The van der Waals surface area contributed by atoms with Gasteiger partial charge >= 0.3 is 0 Å². The highest BCUT2D eigenvalue weighted by atomic mass is 19.2. The molecule has 0 saturated heterocycles. The van der Waals surface area contributed by atoms with Gasteiger partial charge in [0.15, 0.2) is 11.6 Å². The smallest absolute Gasteiger partial charge is 0.200 e. The van der Waals surface area contributed by atoms with Gasteiger partial charge in [0.25, 0.3) is 0 Å². The molecule has 0 aliphatic heterocycles. The standard InChI is InChI=1S/C20H26F2O/c1-12(2)11-23-17-4-3-16(18(21)19(17)22)20-8-13-5-14(9-20)7-15(6-13)10-20/h3-4,12-15H,5-11H2,1-2H3. The van der Waals surface area contributed by atoms with Gasteiger partial charge in [0.1, 0.15) is 0 Å². The number of hydrogen-bond donors (Lipinski definition) is 0. The molecule has 0 radical (unpaired) electrons. The van der Waals surface area contributed by atoms with Crippen molar-refractivity contribution in [1.29, 1.82) is 0 Å². The third kappa shape index (κ3) is 2.56. The average molecular weight is 320 g/mol. The maximum atomic E-state index is 14.8. The minimum Gasteiger partial charge on any atom is -0.490 e. The zero-order valence-corrected chi connectivity index (χ0v) is 14.1. The Morgan fingerprint density at radius 3 is 2.09 bits per heavy atom. The van der Waals surface area contributed by atoms with Gasteiger partial charge in [-0.3, -0.25) is 0 Å². The normalized spacial score (nSPS) is 35.1. The van der Waals surface area contributed by atoms with Crippen LogP contribution in [0.3, 0.4) is 0 Å². The molecule has 126 valence electrons. The zero-order chi connectivity index (χ0) is 16.2. The lowest BCUT2D eigenvalue weighted by atomic mass is 9.48. The van der Waals surface area contributed by atoms with Crippen molar-refractivity contribution in [3.8, 4) is 5.75 Å². The van der Waals surface area contributed by atoms with Crippen LogP contribution in [0, 0.1) is 35.3 Å².